The van der Waals surface area contributed by atoms with E-state index in [1.165, 1.54) is 40.9 Å². The quantitative estimate of drug-likeness (QED) is 0.269. The zero-order valence-electron chi connectivity index (χ0n) is 17.0. The Labute approximate surface area is 183 Å². The summed E-state index contributed by atoms with van der Waals surface area (Å²) in [4.78, 5) is 45.1. The lowest BCUT2D eigenvalue weighted by atomic mass is 10.2. The van der Waals surface area contributed by atoms with E-state index < -0.39 is 29.6 Å². The molecule has 0 atom stereocenters. The SMILES string of the molecule is Cn1c(=O)c2c(ncn2CC(=O)OCC(O)=C(C#N)c2nc3ccccc3s2)n(C)c1=O. The van der Waals surface area contributed by atoms with E-state index in [9.17, 15) is 24.8 Å². The Bertz CT molecular complexity index is 1530. The van der Waals surface area contributed by atoms with Crippen molar-refractivity contribution < 1.29 is 14.6 Å². The maximum atomic E-state index is 12.4. The Morgan fingerprint density at radius 1 is 1.25 bits per heavy atom. The van der Waals surface area contributed by atoms with Crippen molar-refractivity contribution in [1.82, 2.24) is 23.7 Å². The predicted octanol–water partition coefficient (Wildman–Crippen LogP) is 1.08. The van der Waals surface area contributed by atoms with Gasteiger partial charge in [0.2, 0.25) is 0 Å². The number of rotatable bonds is 5. The monoisotopic (exact) mass is 452 g/mol. The average molecular weight is 452 g/mol. The molecule has 0 fully saturated rings. The van der Waals surface area contributed by atoms with E-state index in [1.807, 2.05) is 24.3 Å². The zero-order chi connectivity index (χ0) is 23.0. The van der Waals surface area contributed by atoms with Crippen LogP contribution in [0.4, 0.5) is 0 Å². The van der Waals surface area contributed by atoms with Gasteiger partial charge in [0.1, 0.15) is 29.8 Å². The van der Waals surface area contributed by atoms with Gasteiger partial charge in [-0.1, -0.05) is 12.1 Å². The minimum atomic E-state index is -0.770. The molecule has 0 radical (unpaired) electrons. The van der Waals surface area contributed by atoms with E-state index in [2.05, 4.69) is 9.97 Å². The van der Waals surface area contributed by atoms with Crippen LogP contribution in [0.5, 0.6) is 0 Å². The molecule has 162 valence electrons. The van der Waals surface area contributed by atoms with Crippen LogP contribution in [-0.4, -0.2) is 41.4 Å². The summed E-state index contributed by atoms with van der Waals surface area (Å²) in [5.74, 6) is -1.21. The molecule has 0 spiro atoms. The number of esters is 1. The molecule has 3 heterocycles. The second kappa shape index (κ2) is 8.12. The highest BCUT2D eigenvalue weighted by Crippen LogP contribution is 2.28. The lowest BCUT2D eigenvalue weighted by molar-refractivity contribution is -0.144. The number of para-hydroxylation sites is 1. The topological polar surface area (TPSA) is 145 Å². The smallest absolute Gasteiger partial charge is 0.332 e. The van der Waals surface area contributed by atoms with Crippen LogP contribution in [0.15, 0.2) is 45.9 Å². The van der Waals surface area contributed by atoms with Crippen LogP contribution >= 0.6 is 11.3 Å². The first-order valence-electron chi connectivity index (χ1n) is 9.26. The van der Waals surface area contributed by atoms with Crippen LogP contribution in [0.2, 0.25) is 0 Å². The molecule has 0 saturated carbocycles. The average Bonchev–Trinajstić information content (AvgIpc) is 3.39. The highest BCUT2D eigenvalue weighted by molar-refractivity contribution is 7.19. The molecule has 4 aromatic rings. The van der Waals surface area contributed by atoms with Gasteiger partial charge in [-0.15, -0.1) is 11.3 Å². The van der Waals surface area contributed by atoms with Gasteiger partial charge >= 0.3 is 11.7 Å². The van der Waals surface area contributed by atoms with E-state index in [0.717, 1.165) is 9.27 Å². The number of aliphatic hydroxyl groups is 1. The van der Waals surface area contributed by atoms with Crippen molar-refractivity contribution in [3.8, 4) is 6.07 Å². The Hall–Kier alpha value is -4.24. The van der Waals surface area contributed by atoms with E-state index in [-0.39, 0.29) is 23.3 Å². The number of nitriles is 1. The fourth-order valence-corrected chi connectivity index (χ4v) is 4.12. The molecule has 0 saturated heterocycles. The Balaban J connectivity index is 1.54. The van der Waals surface area contributed by atoms with Crippen molar-refractivity contribution in [3.05, 3.63) is 62.2 Å². The summed E-state index contributed by atoms with van der Waals surface area (Å²) >= 11 is 1.23. The summed E-state index contributed by atoms with van der Waals surface area (Å²) in [6, 6.07) is 9.18. The van der Waals surface area contributed by atoms with Crippen LogP contribution in [0.25, 0.3) is 27.0 Å². The summed E-state index contributed by atoms with van der Waals surface area (Å²) in [6.07, 6.45) is 1.25. The van der Waals surface area contributed by atoms with Gasteiger partial charge in [0.15, 0.2) is 16.9 Å². The molecule has 0 aliphatic heterocycles. The van der Waals surface area contributed by atoms with Crippen LogP contribution in [0.3, 0.4) is 0 Å². The molecule has 1 N–H and O–H groups in total. The molecule has 11 nitrogen and oxygen atoms in total. The van der Waals surface area contributed by atoms with Gasteiger partial charge in [-0.3, -0.25) is 18.7 Å². The Morgan fingerprint density at radius 3 is 2.72 bits per heavy atom. The number of aliphatic hydroxyl groups excluding tert-OH is 1. The van der Waals surface area contributed by atoms with Gasteiger partial charge in [-0.25, -0.2) is 14.8 Å². The maximum absolute atomic E-state index is 12.4. The number of carbonyl (C=O) groups is 1. The lowest BCUT2D eigenvalue weighted by Crippen LogP contribution is -2.37. The van der Waals surface area contributed by atoms with Crippen molar-refractivity contribution in [3.63, 3.8) is 0 Å². The number of carbonyl (C=O) groups excluding carboxylic acids is 1. The molecule has 0 bridgehead atoms. The normalized spacial score (nSPS) is 12.0. The molecular formula is C20H16N6O5S. The molecule has 3 aromatic heterocycles. The molecule has 1 aromatic carbocycles. The van der Waals surface area contributed by atoms with E-state index >= 15 is 0 Å². The predicted molar refractivity (Wildman–Crippen MR) is 116 cm³/mol. The maximum Gasteiger partial charge on any atom is 0.332 e. The van der Waals surface area contributed by atoms with Crippen LogP contribution in [0, 0.1) is 11.3 Å². The number of aryl methyl sites for hydroxylation is 1. The minimum Gasteiger partial charge on any atom is -0.507 e. The molecule has 0 aliphatic rings. The number of ether oxygens (including phenoxy) is 1. The number of hydrogen-bond donors (Lipinski definition) is 1. The summed E-state index contributed by atoms with van der Waals surface area (Å²) in [5.41, 5.74) is -0.332. The summed E-state index contributed by atoms with van der Waals surface area (Å²) in [6.45, 7) is -0.916. The highest BCUT2D eigenvalue weighted by Gasteiger charge is 2.18. The fraction of sp³-hybridized carbons (Fsp3) is 0.200. The molecule has 4 rings (SSSR count). The number of fused-ring (bicyclic) bond motifs is 2. The molecule has 32 heavy (non-hydrogen) atoms. The van der Waals surface area contributed by atoms with E-state index in [1.54, 1.807) is 6.07 Å². The van der Waals surface area contributed by atoms with Crippen molar-refractivity contribution in [2.24, 2.45) is 14.1 Å². The molecule has 0 aliphatic carbocycles. The van der Waals surface area contributed by atoms with Gasteiger partial charge in [0.25, 0.3) is 5.56 Å². The molecular weight excluding hydrogens is 436 g/mol. The number of hydrogen-bond acceptors (Lipinski definition) is 9. The third kappa shape index (κ3) is 3.54. The fourth-order valence-electron chi connectivity index (χ4n) is 3.14. The van der Waals surface area contributed by atoms with Gasteiger partial charge in [-0.2, -0.15) is 5.26 Å². The zero-order valence-corrected chi connectivity index (χ0v) is 17.8. The molecule has 12 heteroatoms. The van der Waals surface area contributed by atoms with Crippen LogP contribution < -0.4 is 11.2 Å². The van der Waals surface area contributed by atoms with Crippen molar-refractivity contribution >= 4 is 44.3 Å². The van der Waals surface area contributed by atoms with Gasteiger partial charge in [0, 0.05) is 14.1 Å². The number of imidazole rings is 1. The molecule has 0 unspecified atom stereocenters. The Morgan fingerprint density at radius 2 is 2.00 bits per heavy atom. The van der Waals surface area contributed by atoms with Crippen molar-refractivity contribution in [1.29, 1.82) is 5.26 Å². The third-order valence-electron chi connectivity index (χ3n) is 4.79. The van der Waals surface area contributed by atoms with Gasteiger partial charge in [-0.05, 0) is 12.1 Å². The third-order valence-corrected chi connectivity index (χ3v) is 5.85. The lowest BCUT2D eigenvalue weighted by Gasteiger charge is -2.08. The van der Waals surface area contributed by atoms with Gasteiger partial charge in [0.05, 0.1) is 16.5 Å². The molecule has 0 amide bonds. The second-order valence-electron chi connectivity index (χ2n) is 6.83. The first-order chi connectivity index (χ1) is 15.3. The summed E-state index contributed by atoms with van der Waals surface area (Å²) in [7, 11) is 2.79. The number of allylic oxidation sites excluding steroid dienone is 1. The van der Waals surface area contributed by atoms with E-state index in [0.29, 0.717) is 10.5 Å². The van der Waals surface area contributed by atoms with Crippen molar-refractivity contribution in [2.45, 2.75) is 6.54 Å². The standard InChI is InChI=1S/C20H16N6O5S/c1-24-17-16(19(29)25(2)20(24)30)26(10-22-17)8-15(28)31-9-13(27)11(7-21)18-23-12-5-3-4-6-14(12)32-18/h3-6,10,27H,8-9H2,1-2H3. The summed E-state index contributed by atoms with van der Waals surface area (Å²) in [5, 5.41) is 20.1. The second-order valence-corrected chi connectivity index (χ2v) is 7.86. The van der Waals surface area contributed by atoms with Crippen molar-refractivity contribution in [2.75, 3.05) is 6.61 Å². The number of aromatic nitrogens is 5. The van der Waals surface area contributed by atoms with Crippen LogP contribution in [-0.2, 0) is 30.2 Å². The van der Waals surface area contributed by atoms with Gasteiger partial charge < -0.3 is 14.4 Å². The largest absolute Gasteiger partial charge is 0.507 e. The number of benzene rings is 1. The summed E-state index contributed by atoms with van der Waals surface area (Å²) < 4.78 is 9.31. The Kier molecular flexibility index (Phi) is 5.33. The number of thiazole rings is 1. The van der Waals surface area contributed by atoms with Crippen LogP contribution in [0.1, 0.15) is 5.01 Å². The minimum absolute atomic E-state index is 0.0681. The highest BCUT2D eigenvalue weighted by atomic mass is 32.1. The first-order valence-corrected chi connectivity index (χ1v) is 10.1. The van der Waals surface area contributed by atoms with E-state index in [4.69, 9.17) is 4.74 Å². The number of nitrogens with zero attached hydrogens (tertiary/aromatic N) is 6. The first kappa shape index (κ1) is 21.0.